The number of amides is 1. The van der Waals surface area contributed by atoms with Gasteiger partial charge in [0.25, 0.3) is 5.91 Å². The zero-order valence-corrected chi connectivity index (χ0v) is 22.9. The zero-order chi connectivity index (χ0) is 27.2. The maximum atomic E-state index is 13.7. The second-order valence-corrected chi connectivity index (χ2v) is 9.69. The fraction of sp³-hybridized carbons (Fsp3) is 0.355. The average molecular weight is 510 g/mol. The molecule has 0 spiro atoms. The molecule has 2 aromatic rings. The Morgan fingerprint density at radius 3 is 2.58 bits per heavy atom. The van der Waals surface area contributed by atoms with Crippen LogP contribution in [-0.2, 0) is 6.42 Å². The van der Waals surface area contributed by atoms with Crippen LogP contribution in [0.3, 0.4) is 0 Å². The van der Waals surface area contributed by atoms with Crippen molar-refractivity contribution in [3.63, 3.8) is 0 Å². The molecule has 7 heteroatoms. The first-order valence-corrected chi connectivity index (χ1v) is 13.3. The molecule has 0 radical (unpaired) electrons. The fourth-order valence-corrected chi connectivity index (χ4v) is 5.02. The molecule has 0 atom stereocenters. The molecule has 7 nitrogen and oxygen atoms in total. The normalized spacial score (nSPS) is 11.7. The van der Waals surface area contributed by atoms with E-state index in [9.17, 15) is 4.79 Å². The first-order valence-electron chi connectivity index (χ1n) is 13.3. The Kier molecular flexibility index (Phi) is 8.49. The third-order valence-electron chi connectivity index (χ3n) is 6.93. The third-order valence-corrected chi connectivity index (χ3v) is 6.93. The number of fused-ring (bicyclic) bond motifs is 2. The van der Waals surface area contributed by atoms with Gasteiger partial charge < -0.3 is 9.32 Å². The van der Waals surface area contributed by atoms with E-state index in [2.05, 4.69) is 54.0 Å². The molecule has 38 heavy (non-hydrogen) atoms. The van der Waals surface area contributed by atoms with Gasteiger partial charge in [0.2, 0.25) is 0 Å². The van der Waals surface area contributed by atoms with E-state index < -0.39 is 0 Å². The van der Waals surface area contributed by atoms with Gasteiger partial charge in [0.15, 0.2) is 0 Å². The van der Waals surface area contributed by atoms with E-state index in [0.29, 0.717) is 31.6 Å². The quantitative estimate of drug-likeness (QED) is 0.0769. The highest BCUT2D eigenvalue weighted by molar-refractivity contribution is 6.09. The molecular formula is C31H35N5O2. The number of hydrogen-bond acceptors (Lipinski definition) is 4. The highest BCUT2D eigenvalue weighted by atomic mass is 16.3. The monoisotopic (exact) mass is 509 g/mol. The summed E-state index contributed by atoms with van der Waals surface area (Å²) >= 11 is 0. The smallest absolute Gasteiger partial charge is 0.254 e. The third kappa shape index (κ3) is 5.43. The fourth-order valence-electron chi connectivity index (χ4n) is 5.02. The molecule has 2 aliphatic rings. The first-order chi connectivity index (χ1) is 18.4. The molecule has 1 aliphatic heterocycles. The molecule has 1 heterocycles. The maximum Gasteiger partial charge on any atom is 0.254 e. The van der Waals surface area contributed by atoms with Crippen LogP contribution in [-0.4, -0.2) is 37.5 Å². The van der Waals surface area contributed by atoms with Crippen molar-refractivity contribution in [2.75, 3.05) is 26.7 Å². The van der Waals surface area contributed by atoms with E-state index >= 15 is 0 Å². The lowest BCUT2D eigenvalue weighted by Gasteiger charge is -2.22. The van der Waals surface area contributed by atoms with Gasteiger partial charge in [-0.1, -0.05) is 36.7 Å². The summed E-state index contributed by atoms with van der Waals surface area (Å²) in [4.78, 5) is 22.8. The highest BCUT2D eigenvalue weighted by Gasteiger charge is 2.24. The van der Waals surface area contributed by atoms with Crippen LogP contribution in [0.2, 0.25) is 0 Å². The summed E-state index contributed by atoms with van der Waals surface area (Å²) < 4.78 is 6.52. The maximum absolute atomic E-state index is 13.7. The molecule has 1 aliphatic carbocycles. The predicted octanol–water partition coefficient (Wildman–Crippen LogP) is 7.47. The molecule has 196 valence electrons. The van der Waals surface area contributed by atoms with Crippen molar-refractivity contribution in [2.45, 2.75) is 47.0 Å². The summed E-state index contributed by atoms with van der Waals surface area (Å²) in [6, 6.07) is 16.3. The SMILES string of the molecule is CCCc1cc2oc3cc(=NCC)c(C)cc-3c(-c3ccccc3C(=O)N(C)CCCN=[N+]=[N-])c2cc1C. The molecule has 0 N–H and O–H groups in total. The minimum absolute atomic E-state index is 0.0720. The van der Waals surface area contributed by atoms with E-state index in [1.54, 1.807) is 11.9 Å². The van der Waals surface area contributed by atoms with Gasteiger partial charge in [-0.05, 0) is 85.7 Å². The van der Waals surface area contributed by atoms with Crippen LogP contribution < -0.4 is 5.36 Å². The summed E-state index contributed by atoms with van der Waals surface area (Å²) in [7, 11) is 1.79. The van der Waals surface area contributed by atoms with Crippen LogP contribution in [0.25, 0.3) is 43.9 Å². The summed E-state index contributed by atoms with van der Waals surface area (Å²) in [6.07, 6.45) is 2.63. The van der Waals surface area contributed by atoms with Gasteiger partial charge in [-0.3, -0.25) is 9.79 Å². The van der Waals surface area contributed by atoms with Crippen molar-refractivity contribution >= 4 is 16.9 Å². The molecule has 0 saturated carbocycles. The van der Waals surface area contributed by atoms with Gasteiger partial charge in [-0.2, -0.15) is 0 Å². The number of nitrogens with zero attached hydrogens (tertiary/aromatic N) is 5. The Labute approximate surface area is 223 Å². The second kappa shape index (κ2) is 12.0. The number of carbonyl (C=O) groups excluding carboxylic acids is 1. The number of rotatable bonds is 9. The first kappa shape index (κ1) is 27.0. The van der Waals surface area contributed by atoms with E-state index in [-0.39, 0.29) is 5.91 Å². The van der Waals surface area contributed by atoms with E-state index in [1.165, 1.54) is 11.1 Å². The number of aryl methyl sites for hydroxylation is 3. The summed E-state index contributed by atoms with van der Waals surface area (Å²) in [5.41, 5.74) is 16.3. The number of benzene rings is 3. The van der Waals surface area contributed by atoms with Gasteiger partial charge in [0.1, 0.15) is 11.3 Å². The molecule has 0 aromatic heterocycles. The molecule has 1 amide bonds. The highest BCUT2D eigenvalue weighted by Crippen LogP contribution is 2.42. The molecule has 4 rings (SSSR count). The van der Waals surface area contributed by atoms with Gasteiger partial charge in [0, 0.05) is 59.7 Å². The van der Waals surface area contributed by atoms with Crippen molar-refractivity contribution in [1.82, 2.24) is 4.90 Å². The Bertz CT molecular complexity index is 1560. The largest absolute Gasteiger partial charge is 0.456 e. The van der Waals surface area contributed by atoms with Crippen molar-refractivity contribution < 1.29 is 9.21 Å². The van der Waals surface area contributed by atoms with Crippen molar-refractivity contribution in [2.24, 2.45) is 10.1 Å². The average Bonchev–Trinajstić information content (AvgIpc) is 2.91. The van der Waals surface area contributed by atoms with Gasteiger partial charge in [-0.25, -0.2) is 0 Å². The molecule has 0 unspecified atom stereocenters. The Morgan fingerprint density at radius 2 is 1.84 bits per heavy atom. The lowest BCUT2D eigenvalue weighted by Crippen LogP contribution is -2.28. The summed E-state index contributed by atoms with van der Waals surface area (Å²) in [5, 5.41) is 5.49. The van der Waals surface area contributed by atoms with E-state index in [1.807, 2.05) is 37.3 Å². The van der Waals surface area contributed by atoms with Crippen LogP contribution >= 0.6 is 0 Å². The Hall–Kier alpha value is -4.09. The number of azide groups is 1. The van der Waals surface area contributed by atoms with Crippen LogP contribution in [0, 0.1) is 13.8 Å². The van der Waals surface area contributed by atoms with E-state index in [0.717, 1.165) is 57.2 Å². The number of hydrogen-bond donors (Lipinski definition) is 0. The predicted molar refractivity (Wildman–Crippen MR) is 153 cm³/mol. The van der Waals surface area contributed by atoms with Crippen LogP contribution in [0.5, 0.6) is 0 Å². The van der Waals surface area contributed by atoms with Crippen molar-refractivity contribution in [1.29, 1.82) is 0 Å². The molecule has 0 bridgehead atoms. The van der Waals surface area contributed by atoms with E-state index in [4.69, 9.17) is 9.95 Å². The van der Waals surface area contributed by atoms with Crippen LogP contribution in [0.1, 0.15) is 53.7 Å². The second-order valence-electron chi connectivity index (χ2n) is 9.69. The Morgan fingerprint density at radius 1 is 1.05 bits per heavy atom. The molecule has 0 fully saturated rings. The molecule has 2 aromatic carbocycles. The number of carbonyl (C=O) groups is 1. The van der Waals surface area contributed by atoms with Gasteiger partial charge >= 0.3 is 0 Å². The van der Waals surface area contributed by atoms with Gasteiger partial charge in [0.05, 0.1) is 5.36 Å². The van der Waals surface area contributed by atoms with Crippen molar-refractivity contribution in [3.05, 3.63) is 86.6 Å². The van der Waals surface area contributed by atoms with Crippen LogP contribution in [0.15, 0.2) is 63.1 Å². The van der Waals surface area contributed by atoms with Crippen LogP contribution in [0.4, 0.5) is 0 Å². The zero-order valence-electron chi connectivity index (χ0n) is 22.9. The lowest BCUT2D eigenvalue weighted by atomic mass is 9.88. The summed E-state index contributed by atoms with van der Waals surface area (Å²) in [5.74, 6) is 0.679. The summed E-state index contributed by atoms with van der Waals surface area (Å²) in [6.45, 7) is 9.95. The minimum Gasteiger partial charge on any atom is -0.456 e. The lowest BCUT2D eigenvalue weighted by molar-refractivity contribution is 0.0795. The standard InChI is InChI=1S/C31H35N5O2/c1-6-11-22-18-28-25(16-20(22)3)30(26-17-21(4)27(33-7-2)19-29(26)38-28)23-12-8-9-13-24(23)31(37)36(5)15-10-14-34-35-32/h8-9,12-13,16-19H,6-7,10-11,14-15H2,1-5H3. The molecule has 0 saturated heterocycles. The minimum atomic E-state index is -0.0720. The topological polar surface area (TPSA) is 94.6 Å². The molecular weight excluding hydrogens is 474 g/mol. The van der Waals surface area contributed by atoms with Crippen molar-refractivity contribution in [3.8, 4) is 22.5 Å². The Balaban J connectivity index is 1.99. The van der Waals surface area contributed by atoms with Gasteiger partial charge in [-0.15, -0.1) is 0 Å².